The van der Waals surface area contributed by atoms with Crippen molar-refractivity contribution < 1.29 is 4.79 Å². The first-order valence-electron chi connectivity index (χ1n) is 7.11. The van der Waals surface area contributed by atoms with Crippen LogP contribution in [-0.4, -0.2) is 19.0 Å². The predicted molar refractivity (Wildman–Crippen MR) is 86.7 cm³/mol. The first-order chi connectivity index (χ1) is 9.45. The molecular formula is C18H25NO. The van der Waals surface area contributed by atoms with E-state index in [0.717, 1.165) is 18.4 Å². The van der Waals surface area contributed by atoms with Gasteiger partial charge in [0.05, 0.1) is 0 Å². The molecule has 0 aliphatic carbocycles. The summed E-state index contributed by atoms with van der Waals surface area (Å²) in [5.41, 5.74) is 6.41. The molecule has 1 aromatic carbocycles. The van der Waals surface area contributed by atoms with Crippen LogP contribution in [0.4, 0.5) is 0 Å². The molecule has 2 heteroatoms. The van der Waals surface area contributed by atoms with Gasteiger partial charge in [-0.15, -0.1) is 0 Å². The largest absolute Gasteiger partial charge is 0.300 e. The Morgan fingerprint density at radius 1 is 1.25 bits per heavy atom. The van der Waals surface area contributed by atoms with E-state index in [1.807, 2.05) is 6.21 Å². The van der Waals surface area contributed by atoms with Gasteiger partial charge >= 0.3 is 0 Å². The van der Waals surface area contributed by atoms with E-state index in [4.69, 9.17) is 0 Å². The molecule has 0 fully saturated rings. The minimum absolute atomic E-state index is 0.186. The second-order valence-electron chi connectivity index (χ2n) is 5.43. The minimum Gasteiger partial charge on any atom is -0.300 e. The van der Waals surface area contributed by atoms with Gasteiger partial charge in [-0.1, -0.05) is 23.8 Å². The maximum absolute atomic E-state index is 11.3. The normalized spacial score (nSPS) is 12.7. The van der Waals surface area contributed by atoms with Crippen molar-refractivity contribution in [1.29, 1.82) is 0 Å². The monoisotopic (exact) mass is 271 g/mol. The first-order valence-corrected chi connectivity index (χ1v) is 7.11. The topological polar surface area (TPSA) is 29.4 Å². The molecule has 108 valence electrons. The van der Waals surface area contributed by atoms with Crippen molar-refractivity contribution in [2.45, 2.75) is 47.0 Å². The van der Waals surface area contributed by atoms with E-state index in [1.165, 1.54) is 22.3 Å². The fourth-order valence-corrected chi connectivity index (χ4v) is 2.30. The number of Topliss-reactive ketones (excluding diaryl/α,β-unsaturated/α-hetero) is 1. The molecule has 0 saturated heterocycles. The van der Waals surface area contributed by atoms with Crippen molar-refractivity contribution in [1.82, 2.24) is 0 Å². The third kappa shape index (κ3) is 4.76. The van der Waals surface area contributed by atoms with Crippen LogP contribution in [0.2, 0.25) is 0 Å². The van der Waals surface area contributed by atoms with Gasteiger partial charge in [-0.25, -0.2) is 0 Å². The van der Waals surface area contributed by atoms with Gasteiger partial charge in [0.1, 0.15) is 5.78 Å². The Bertz CT molecular complexity index is 538. The van der Waals surface area contributed by atoms with Gasteiger partial charge in [0.25, 0.3) is 0 Å². The smallest absolute Gasteiger partial charge is 0.134 e. The van der Waals surface area contributed by atoms with Gasteiger partial charge in [-0.3, -0.25) is 9.79 Å². The third-order valence-corrected chi connectivity index (χ3v) is 3.76. The van der Waals surface area contributed by atoms with E-state index < -0.39 is 0 Å². The zero-order chi connectivity index (χ0) is 15.1. The molecule has 20 heavy (non-hydrogen) atoms. The summed E-state index contributed by atoms with van der Waals surface area (Å²) < 4.78 is 0. The minimum atomic E-state index is 0.186. The second kappa shape index (κ2) is 7.78. The Balaban J connectivity index is 2.85. The maximum atomic E-state index is 11.3. The standard InChI is InChI=1S/C18H25NO/c1-13-7-6-8-17(16(13)4)10-9-14(2)18(12-19-5)11-15(3)20/h6-8,12H,9-11H2,1-5H3/b18-14+,19-12?. The fraction of sp³-hybridized carbons (Fsp3) is 0.444. The molecule has 0 aromatic heterocycles. The molecule has 2 nitrogen and oxygen atoms in total. The highest BCUT2D eigenvalue weighted by Crippen LogP contribution is 2.19. The summed E-state index contributed by atoms with van der Waals surface area (Å²) in [5, 5.41) is 0. The van der Waals surface area contributed by atoms with Crippen LogP contribution in [0.5, 0.6) is 0 Å². The second-order valence-corrected chi connectivity index (χ2v) is 5.43. The Labute approximate surface area is 122 Å². The molecule has 0 saturated carbocycles. The van der Waals surface area contributed by atoms with Crippen LogP contribution < -0.4 is 0 Å². The molecule has 0 bridgehead atoms. The van der Waals surface area contributed by atoms with E-state index in [-0.39, 0.29) is 5.78 Å². The number of nitrogens with zero attached hydrogens (tertiary/aromatic N) is 1. The van der Waals surface area contributed by atoms with E-state index in [1.54, 1.807) is 14.0 Å². The first kappa shape index (κ1) is 16.4. The number of allylic oxidation sites excluding steroid dienone is 2. The van der Waals surface area contributed by atoms with Crippen molar-refractivity contribution in [2.24, 2.45) is 4.99 Å². The lowest BCUT2D eigenvalue weighted by atomic mass is 9.95. The number of benzene rings is 1. The molecule has 0 aliphatic heterocycles. The van der Waals surface area contributed by atoms with Crippen LogP contribution in [0.1, 0.15) is 43.4 Å². The molecule has 1 rings (SSSR count). The Morgan fingerprint density at radius 3 is 2.55 bits per heavy atom. The number of carbonyl (C=O) groups excluding carboxylic acids is 1. The molecule has 0 unspecified atom stereocenters. The summed E-state index contributed by atoms with van der Waals surface area (Å²) in [4.78, 5) is 15.4. The molecule has 0 spiro atoms. The summed E-state index contributed by atoms with van der Waals surface area (Å²) >= 11 is 0. The number of carbonyl (C=O) groups is 1. The number of hydrogen-bond acceptors (Lipinski definition) is 2. The average Bonchev–Trinajstić information content (AvgIpc) is 2.39. The fourth-order valence-electron chi connectivity index (χ4n) is 2.30. The maximum Gasteiger partial charge on any atom is 0.134 e. The molecule has 0 radical (unpaired) electrons. The summed E-state index contributed by atoms with van der Waals surface area (Å²) in [5.74, 6) is 0.186. The van der Waals surface area contributed by atoms with Gasteiger partial charge in [-0.05, 0) is 62.8 Å². The number of aryl methyl sites for hydroxylation is 2. The van der Waals surface area contributed by atoms with Gasteiger partial charge in [0.15, 0.2) is 0 Å². The molecule has 0 heterocycles. The Kier molecular flexibility index (Phi) is 6.37. The number of ketones is 1. The van der Waals surface area contributed by atoms with Gasteiger partial charge in [0, 0.05) is 19.7 Å². The van der Waals surface area contributed by atoms with E-state index in [9.17, 15) is 4.79 Å². The van der Waals surface area contributed by atoms with Crippen molar-refractivity contribution in [3.05, 3.63) is 46.0 Å². The zero-order valence-electron chi connectivity index (χ0n) is 13.3. The summed E-state index contributed by atoms with van der Waals surface area (Å²) in [6, 6.07) is 6.45. The average molecular weight is 271 g/mol. The number of rotatable bonds is 6. The van der Waals surface area contributed by atoms with Crippen LogP contribution in [0.3, 0.4) is 0 Å². The lowest BCUT2D eigenvalue weighted by Gasteiger charge is -2.10. The molecule has 0 aliphatic rings. The molecule has 1 aromatic rings. The van der Waals surface area contributed by atoms with Crippen LogP contribution in [0.25, 0.3) is 0 Å². The van der Waals surface area contributed by atoms with E-state index in [2.05, 4.69) is 44.0 Å². The third-order valence-electron chi connectivity index (χ3n) is 3.76. The van der Waals surface area contributed by atoms with Crippen LogP contribution in [0, 0.1) is 13.8 Å². The van der Waals surface area contributed by atoms with Crippen molar-refractivity contribution in [2.75, 3.05) is 7.05 Å². The number of aliphatic imine (C=N–C) groups is 1. The number of hydrogen-bond donors (Lipinski definition) is 0. The van der Waals surface area contributed by atoms with Crippen LogP contribution in [-0.2, 0) is 11.2 Å². The zero-order valence-corrected chi connectivity index (χ0v) is 13.3. The van der Waals surface area contributed by atoms with Crippen molar-refractivity contribution in [3.8, 4) is 0 Å². The summed E-state index contributed by atoms with van der Waals surface area (Å²) in [6.45, 7) is 8.05. The van der Waals surface area contributed by atoms with Crippen molar-refractivity contribution >= 4 is 12.0 Å². The van der Waals surface area contributed by atoms with E-state index in [0.29, 0.717) is 6.42 Å². The van der Waals surface area contributed by atoms with E-state index >= 15 is 0 Å². The van der Waals surface area contributed by atoms with Gasteiger partial charge in [-0.2, -0.15) is 0 Å². The summed E-state index contributed by atoms with van der Waals surface area (Å²) in [6.07, 6.45) is 4.28. The molecule has 0 atom stereocenters. The molecule has 0 N–H and O–H groups in total. The Hall–Kier alpha value is -1.70. The van der Waals surface area contributed by atoms with Crippen molar-refractivity contribution in [3.63, 3.8) is 0 Å². The molecule has 0 amide bonds. The van der Waals surface area contributed by atoms with Crippen LogP contribution >= 0.6 is 0 Å². The highest BCUT2D eigenvalue weighted by molar-refractivity contribution is 5.89. The highest BCUT2D eigenvalue weighted by atomic mass is 16.1. The lowest BCUT2D eigenvalue weighted by molar-refractivity contribution is -0.116. The Morgan fingerprint density at radius 2 is 1.95 bits per heavy atom. The van der Waals surface area contributed by atoms with Crippen LogP contribution in [0.15, 0.2) is 34.3 Å². The predicted octanol–water partition coefficient (Wildman–Crippen LogP) is 4.23. The summed E-state index contributed by atoms with van der Waals surface area (Å²) in [7, 11) is 1.75. The highest BCUT2D eigenvalue weighted by Gasteiger charge is 2.06. The quantitative estimate of drug-likeness (QED) is 0.712. The van der Waals surface area contributed by atoms with Gasteiger partial charge < -0.3 is 0 Å². The lowest BCUT2D eigenvalue weighted by Crippen LogP contribution is -2.00. The SMILES string of the molecule is CN=C/C(CC(C)=O)=C(\C)CCc1cccc(C)c1C. The molecular weight excluding hydrogens is 246 g/mol. The van der Waals surface area contributed by atoms with Gasteiger partial charge in [0.2, 0.25) is 0 Å².